The predicted octanol–water partition coefficient (Wildman–Crippen LogP) is 2.46. The van der Waals surface area contributed by atoms with Crippen LogP contribution in [-0.2, 0) is 19.9 Å². The summed E-state index contributed by atoms with van der Waals surface area (Å²) in [6, 6.07) is 3.89. The van der Waals surface area contributed by atoms with Gasteiger partial charge in [-0.2, -0.15) is 5.10 Å². The monoisotopic (exact) mass is 279 g/mol. The highest BCUT2D eigenvalue weighted by molar-refractivity contribution is 5.19. The van der Waals surface area contributed by atoms with Gasteiger partial charge in [0.15, 0.2) is 0 Å². The van der Waals surface area contributed by atoms with Gasteiger partial charge in [0.2, 0.25) is 0 Å². The number of hydrogen-bond donors (Lipinski definition) is 1. The van der Waals surface area contributed by atoms with E-state index in [2.05, 4.69) is 10.4 Å². The Hall–Kier alpha value is -1.75. The minimum Gasteiger partial charge on any atom is -0.317 e. The Balaban J connectivity index is 1.94. The Bertz CT molecular complexity index is 566. The van der Waals surface area contributed by atoms with Crippen LogP contribution in [0.4, 0.5) is 8.78 Å². The molecule has 1 heterocycles. The second-order valence-electron chi connectivity index (χ2n) is 4.99. The lowest BCUT2D eigenvalue weighted by molar-refractivity contribution is 0.500. The highest BCUT2D eigenvalue weighted by atomic mass is 19.1. The maximum absolute atomic E-state index is 13.6. The van der Waals surface area contributed by atoms with Gasteiger partial charge in [0.25, 0.3) is 0 Å². The maximum Gasteiger partial charge on any atom is 0.129 e. The number of benzene rings is 1. The van der Waals surface area contributed by atoms with Crippen molar-refractivity contribution in [2.45, 2.75) is 25.3 Å². The highest BCUT2D eigenvalue weighted by Crippen LogP contribution is 2.14. The van der Waals surface area contributed by atoms with Crippen LogP contribution < -0.4 is 5.32 Å². The summed E-state index contributed by atoms with van der Waals surface area (Å²) in [5, 5.41) is 7.30. The molecule has 0 aliphatic carbocycles. The summed E-state index contributed by atoms with van der Waals surface area (Å²) in [5.74, 6) is -1.02. The van der Waals surface area contributed by atoms with E-state index in [1.54, 1.807) is 4.68 Å². The lowest BCUT2D eigenvalue weighted by Gasteiger charge is -2.16. The lowest BCUT2D eigenvalue weighted by atomic mass is 10.00. The van der Waals surface area contributed by atoms with Gasteiger partial charge in [-0.1, -0.05) is 6.07 Å². The van der Waals surface area contributed by atoms with Crippen LogP contribution >= 0.6 is 0 Å². The van der Waals surface area contributed by atoms with E-state index >= 15 is 0 Å². The molecule has 1 aromatic carbocycles. The fraction of sp³-hybridized carbons (Fsp3) is 0.400. The van der Waals surface area contributed by atoms with Crippen LogP contribution in [0.5, 0.6) is 0 Å². The zero-order valence-electron chi connectivity index (χ0n) is 11.7. The Morgan fingerprint density at radius 2 is 2.15 bits per heavy atom. The summed E-state index contributed by atoms with van der Waals surface area (Å²) in [6.45, 7) is 0. The van der Waals surface area contributed by atoms with E-state index in [4.69, 9.17) is 0 Å². The second-order valence-corrected chi connectivity index (χ2v) is 4.99. The molecule has 108 valence electrons. The quantitative estimate of drug-likeness (QED) is 0.880. The van der Waals surface area contributed by atoms with Crippen molar-refractivity contribution in [3.63, 3.8) is 0 Å². The van der Waals surface area contributed by atoms with Gasteiger partial charge in [-0.25, -0.2) is 8.78 Å². The van der Waals surface area contributed by atoms with Crippen molar-refractivity contribution in [1.29, 1.82) is 0 Å². The third-order valence-electron chi connectivity index (χ3n) is 3.43. The summed E-state index contributed by atoms with van der Waals surface area (Å²) in [7, 11) is 3.74. The molecule has 0 aliphatic heterocycles. The molecule has 2 aromatic rings. The molecular formula is C15H19F2N3. The number of nitrogens with zero attached hydrogens (tertiary/aromatic N) is 2. The van der Waals surface area contributed by atoms with E-state index in [1.807, 2.05) is 26.5 Å². The topological polar surface area (TPSA) is 29.9 Å². The smallest absolute Gasteiger partial charge is 0.129 e. The molecule has 0 aliphatic rings. The average Bonchev–Trinajstić information content (AvgIpc) is 2.82. The molecule has 0 saturated heterocycles. The zero-order valence-corrected chi connectivity index (χ0v) is 11.7. The second kappa shape index (κ2) is 6.61. The normalized spacial score (nSPS) is 12.6. The molecule has 0 radical (unpaired) electrons. The number of rotatable bonds is 6. The number of nitrogens with one attached hydrogen (secondary N) is 1. The van der Waals surface area contributed by atoms with Crippen molar-refractivity contribution in [3.8, 4) is 0 Å². The van der Waals surface area contributed by atoms with Crippen molar-refractivity contribution < 1.29 is 8.78 Å². The largest absolute Gasteiger partial charge is 0.317 e. The van der Waals surface area contributed by atoms with Crippen molar-refractivity contribution in [2.75, 3.05) is 7.05 Å². The van der Waals surface area contributed by atoms with Crippen molar-refractivity contribution in [3.05, 3.63) is 53.4 Å². The summed E-state index contributed by atoms with van der Waals surface area (Å²) in [6.07, 6.45) is 6.11. The van der Waals surface area contributed by atoms with Gasteiger partial charge < -0.3 is 5.32 Å². The highest BCUT2D eigenvalue weighted by Gasteiger charge is 2.12. The van der Waals surface area contributed by atoms with Crippen LogP contribution in [0.2, 0.25) is 0 Å². The molecule has 20 heavy (non-hydrogen) atoms. The molecule has 2 rings (SSSR count). The van der Waals surface area contributed by atoms with Crippen LogP contribution in [-0.4, -0.2) is 22.9 Å². The van der Waals surface area contributed by atoms with Crippen molar-refractivity contribution in [2.24, 2.45) is 7.05 Å². The van der Waals surface area contributed by atoms with E-state index in [-0.39, 0.29) is 6.04 Å². The summed E-state index contributed by atoms with van der Waals surface area (Å²) in [5.41, 5.74) is 1.70. The predicted molar refractivity (Wildman–Crippen MR) is 74.4 cm³/mol. The minimum atomic E-state index is -0.539. The minimum absolute atomic E-state index is 0.148. The van der Waals surface area contributed by atoms with Crippen molar-refractivity contribution in [1.82, 2.24) is 15.1 Å². The summed E-state index contributed by atoms with van der Waals surface area (Å²) >= 11 is 0. The number of likely N-dealkylation sites (N-methyl/N-ethyl adjacent to an activating group) is 1. The molecular weight excluding hydrogens is 260 g/mol. The number of aryl methyl sites for hydroxylation is 2. The first-order chi connectivity index (χ1) is 9.58. The third kappa shape index (κ3) is 3.87. The van der Waals surface area contributed by atoms with Gasteiger partial charge in [-0.15, -0.1) is 0 Å². The van der Waals surface area contributed by atoms with E-state index in [1.165, 1.54) is 12.1 Å². The van der Waals surface area contributed by atoms with Crippen LogP contribution in [0.25, 0.3) is 0 Å². The molecule has 3 nitrogen and oxygen atoms in total. The molecule has 1 aromatic heterocycles. The van der Waals surface area contributed by atoms with Crippen LogP contribution in [0, 0.1) is 11.6 Å². The Kier molecular flexibility index (Phi) is 4.84. The first-order valence-corrected chi connectivity index (χ1v) is 6.67. The van der Waals surface area contributed by atoms with Gasteiger partial charge in [0.05, 0.1) is 6.20 Å². The molecule has 1 atom stereocenters. The lowest BCUT2D eigenvalue weighted by Crippen LogP contribution is -2.28. The van der Waals surface area contributed by atoms with Gasteiger partial charge in [-0.05, 0) is 43.5 Å². The Labute approximate surface area is 117 Å². The molecule has 0 bridgehead atoms. The molecule has 5 heteroatoms. The first kappa shape index (κ1) is 14.7. The van der Waals surface area contributed by atoms with Gasteiger partial charge in [-0.3, -0.25) is 4.68 Å². The van der Waals surface area contributed by atoms with E-state index in [0.717, 1.165) is 24.5 Å². The van der Waals surface area contributed by atoms with E-state index < -0.39 is 11.6 Å². The van der Waals surface area contributed by atoms with Crippen LogP contribution in [0.3, 0.4) is 0 Å². The fourth-order valence-corrected chi connectivity index (χ4v) is 2.24. The van der Waals surface area contributed by atoms with Crippen LogP contribution in [0.1, 0.15) is 17.5 Å². The molecule has 0 spiro atoms. The molecule has 1 N–H and O–H groups in total. The molecule has 0 fully saturated rings. The average molecular weight is 279 g/mol. The molecule has 1 unspecified atom stereocenters. The maximum atomic E-state index is 13.6. The summed E-state index contributed by atoms with van der Waals surface area (Å²) in [4.78, 5) is 0. The van der Waals surface area contributed by atoms with Crippen LogP contribution in [0.15, 0.2) is 30.6 Å². The fourth-order valence-electron chi connectivity index (χ4n) is 2.24. The number of aromatic nitrogens is 2. The first-order valence-electron chi connectivity index (χ1n) is 6.67. The molecule has 0 saturated carbocycles. The standard InChI is InChI=1S/C15H19F2N3/c1-18-14(6-3-11-9-19-20(2)10-11)7-12-4-5-13(16)8-15(12)17/h4-5,8-10,14,18H,3,6-7H2,1-2H3. The number of halogens is 2. The summed E-state index contributed by atoms with van der Waals surface area (Å²) < 4.78 is 28.3. The SMILES string of the molecule is CNC(CCc1cnn(C)c1)Cc1ccc(F)cc1F. The Morgan fingerprint density at radius 1 is 1.35 bits per heavy atom. The van der Waals surface area contributed by atoms with Gasteiger partial charge >= 0.3 is 0 Å². The Morgan fingerprint density at radius 3 is 2.75 bits per heavy atom. The van der Waals surface area contributed by atoms with E-state index in [0.29, 0.717) is 12.0 Å². The van der Waals surface area contributed by atoms with Gasteiger partial charge in [0, 0.05) is 25.4 Å². The molecule has 0 amide bonds. The number of hydrogen-bond acceptors (Lipinski definition) is 2. The third-order valence-corrected chi connectivity index (χ3v) is 3.43. The van der Waals surface area contributed by atoms with Crippen molar-refractivity contribution >= 4 is 0 Å². The van der Waals surface area contributed by atoms with Gasteiger partial charge in [0.1, 0.15) is 11.6 Å². The van der Waals surface area contributed by atoms with E-state index in [9.17, 15) is 8.78 Å². The zero-order chi connectivity index (χ0) is 14.5.